The predicted octanol–water partition coefficient (Wildman–Crippen LogP) is 1.52. The van der Waals surface area contributed by atoms with Gasteiger partial charge in [-0.05, 0) is 12.8 Å². The van der Waals surface area contributed by atoms with E-state index < -0.39 is 0 Å². The van der Waals surface area contributed by atoms with Gasteiger partial charge in [-0.25, -0.2) is 9.97 Å². The summed E-state index contributed by atoms with van der Waals surface area (Å²) in [6.07, 6.45) is 1.42. The lowest BCUT2D eigenvalue weighted by molar-refractivity contribution is 0.413. The number of nitrogen functional groups attached to an aromatic ring is 1. The normalized spacial score (nSPS) is 12.6. The second-order valence-electron chi connectivity index (χ2n) is 3.82. The summed E-state index contributed by atoms with van der Waals surface area (Å²) < 4.78 is 5.14. The van der Waals surface area contributed by atoms with E-state index in [4.69, 9.17) is 10.5 Å². The molecule has 1 heterocycles. The van der Waals surface area contributed by atoms with Crippen LogP contribution in [0.5, 0.6) is 5.75 Å². The summed E-state index contributed by atoms with van der Waals surface area (Å²) in [5, 5.41) is 3.25. The fourth-order valence-corrected chi connectivity index (χ4v) is 1.07. The molecule has 1 aromatic rings. The van der Waals surface area contributed by atoms with Gasteiger partial charge in [0.05, 0.1) is 7.11 Å². The summed E-state index contributed by atoms with van der Waals surface area (Å²) in [6.45, 7) is 6.35. The minimum absolute atomic E-state index is 0.299. The monoisotopic (exact) mass is 210 g/mol. The molecule has 3 N–H and O–H groups in total. The molecule has 1 unspecified atom stereocenters. The Balaban J connectivity index is 2.89. The number of nitrogens with one attached hydrogen (secondary N) is 1. The smallest absolute Gasteiger partial charge is 0.203 e. The van der Waals surface area contributed by atoms with Crippen molar-refractivity contribution in [3.05, 3.63) is 6.33 Å². The number of aromatic nitrogens is 2. The molecule has 0 amide bonds. The molecule has 0 aliphatic carbocycles. The second kappa shape index (κ2) is 4.82. The van der Waals surface area contributed by atoms with E-state index in [1.165, 1.54) is 6.33 Å². The van der Waals surface area contributed by atoms with Crippen LogP contribution in [0.1, 0.15) is 20.8 Å². The third kappa shape index (κ3) is 2.71. The zero-order chi connectivity index (χ0) is 11.4. The summed E-state index contributed by atoms with van der Waals surface area (Å²) in [5.41, 5.74) is 5.67. The maximum Gasteiger partial charge on any atom is 0.203 e. The Morgan fingerprint density at radius 3 is 2.53 bits per heavy atom. The molecule has 0 saturated heterocycles. The van der Waals surface area contributed by atoms with E-state index in [2.05, 4.69) is 36.1 Å². The van der Waals surface area contributed by atoms with Gasteiger partial charge in [-0.1, -0.05) is 13.8 Å². The Kier molecular flexibility index (Phi) is 3.71. The van der Waals surface area contributed by atoms with E-state index >= 15 is 0 Å². The Hall–Kier alpha value is -1.52. The fraction of sp³-hybridized carbons (Fsp3) is 0.600. The lowest BCUT2D eigenvalue weighted by Gasteiger charge is -2.19. The highest BCUT2D eigenvalue weighted by Crippen LogP contribution is 2.27. The summed E-state index contributed by atoms with van der Waals surface area (Å²) in [6, 6.07) is 0.299. The zero-order valence-corrected chi connectivity index (χ0v) is 9.61. The van der Waals surface area contributed by atoms with Gasteiger partial charge in [0.15, 0.2) is 11.6 Å². The van der Waals surface area contributed by atoms with Crippen LogP contribution in [-0.4, -0.2) is 23.1 Å². The fourth-order valence-electron chi connectivity index (χ4n) is 1.07. The molecule has 5 heteroatoms. The molecule has 5 nitrogen and oxygen atoms in total. The summed E-state index contributed by atoms with van der Waals surface area (Å²) in [4.78, 5) is 7.97. The van der Waals surface area contributed by atoms with E-state index in [1.807, 2.05) is 0 Å². The molecular weight excluding hydrogens is 192 g/mol. The number of ether oxygens (including phenoxy) is 1. The Bertz CT molecular complexity index is 327. The number of nitrogens with two attached hydrogens (primary N) is 1. The summed E-state index contributed by atoms with van der Waals surface area (Å²) >= 11 is 0. The van der Waals surface area contributed by atoms with Crippen molar-refractivity contribution in [3.8, 4) is 5.75 Å². The maximum atomic E-state index is 5.67. The SMILES string of the molecule is COc1c(N)ncnc1NC(C)C(C)C. The van der Waals surface area contributed by atoms with Crippen LogP contribution in [0, 0.1) is 5.92 Å². The van der Waals surface area contributed by atoms with Crippen LogP contribution in [0.15, 0.2) is 6.33 Å². The standard InChI is InChI=1S/C10H18N4O/c1-6(2)7(3)14-10-8(15-4)9(11)12-5-13-10/h5-7H,1-4H3,(H3,11,12,13,14). The van der Waals surface area contributed by atoms with Gasteiger partial charge < -0.3 is 15.8 Å². The first-order valence-electron chi connectivity index (χ1n) is 4.97. The van der Waals surface area contributed by atoms with Crippen LogP contribution < -0.4 is 15.8 Å². The minimum atomic E-state index is 0.299. The molecule has 1 rings (SSSR count). The van der Waals surface area contributed by atoms with Gasteiger partial charge in [0.25, 0.3) is 0 Å². The molecule has 0 radical (unpaired) electrons. The van der Waals surface area contributed by atoms with Crippen LogP contribution in [-0.2, 0) is 0 Å². The molecule has 0 aliphatic rings. The number of nitrogens with zero attached hydrogens (tertiary/aromatic N) is 2. The average molecular weight is 210 g/mol. The molecule has 84 valence electrons. The number of hydrogen-bond acceptors (Lipinski definition) is 5. The predicted molar refractivity (Wildman–Crippen MR) is 60.9 cm³/mol. The molecule has 1 atom stereocenters. The van der Waals surface area contributed by atoms with E-state index in [-0.39, 0.29) is 0 Å². The van der Waals surface area contributed by atoms with Crippen molar-refractivity contribution in [1.82, 2.24) is 9.97 Å². The number of rotatable bonds is 4. The highest BCUT2D eigenvalue weighted by Gasteiger charge is 2.13. The van der Waals surface area contributed by atoms with Gasteiger partial charge >= 0.3 is 0 Å². The highest BCUT2D eigenvalue weighted by atomic mass is 16.5. The van der Waals surface area contributed by atoms with Crippen LogP contribution in [0.25, 0.3) is 0 Å². The van der Waals surface area contributed by atoms with Gasteiger partial charge in [0, 0.05) is 6.04 Å². The third-order valence-corrected chi connectivity index (χ3v) is 2.40. The van der Waals surface area contributed by atoms with Gasteiger partial charge in [-0.15, -0.1) is 0 Å². The molecule has 0 bridgehead atoms. The Labute approximate surface area is 90.1 Å². The van der Waals surface area contributed by atoms with Crippen molar-refractivity contribution in [2.75, 3.05) is 18.2 Å². The quantitative estimate of drug-likeness (QED) is 0.788. The molecule has 0 aliphatic heterocycles. The topological polar surface area (TPSA) is 73.1 Å². The van der Waals surface area contributed by atoms with Crippen LogP contribution in [0.3, 0.4) is 0 Å². The molecule has 0 saturated carbocycles. The lowest BCUT2D eigenvalue weighted by atomic mass is 10.1. The number of anilines is 2. The second-order valence-corrected chi connectivity index (χ2v) is 3.82. The van der Waals surface area contributed by atoms with E-state index in [0.29, 0.717) is 29.3 Å². The molecule has 0 fully saturated rings. The number of methoxy groups -OCH3 is 1. The third-order valence-electron chi connectivity index (χ3n) is 2.40. The van der Waals surface area contributed by atoms with Crippen molar-refractivity contribution in [1.29, 1.82) is 0 Å². The van der Waals surface area contributed by atoms with Crippen molar-refractivity contribution >= 4 is 11.6 Å². The van der Waals surface area contributed by atoms with Crippen molar-refractivity contribution in [2.24, 2.45) is 5.92 Å². The molecule has 0 aromatic carbocycles. The van der Waals surface area contributed by atoms with E-state index in [1.54, 1.807) is 7.11 Å². The van der Waals surface area contributed by atoms with Crippen molar-refractivity contribution in [3.63, 3.8) is 0 Å². The average Bonchev–Trinajstić information content (AvgIpc) is 2.18. The maximum absolute atomic E-state index is 5.67. The van der Waals surface area contributed by atoms with Crippen molar-refractivity contribution < 1.29 is 4.74 Å². The molecule has 15 heavy (non-hydrogen) atoms. The van der Waals surface area contributed by atoms with Crippen LogP contribution >= 0.6 is 0 Å². The highest BCUT2D eigenvalue weighted by molar-refractivity contribution is 5.61. The molecule has 1 aromatic heterocycles. The zero-order valence-electron chi connectivity index (χ0n) is 9.61. The van der Waals surface area contributed by atoms with Gasteiger partial charge in [0.1, 0.15) is 6.33 Å². The summed E-state index contributed by atoms with van der Waals surface area (Å²) in [5.74, 6) is 2.01. The van der Waals surface area contributed by atoms with Crippen molar-refractivity contribution in [2.45, 2.75) is 26.8 Å². The van der Waals surface area contributed by atoms with Crippen LogP contribution in [0.4, 0.5) is 11.6 Å². The first kappa shape index (κ1) is 11.6. The van der Waals surface area contributed by atoms with E-state index in [0.717, 1.165) is 0 Å². The Morgan fingerprint density at radius 2 is 2.00 bits per heavy atom. The first-order chi connectivity index (χ1) is 7.06. The largest absolute Gasteiger partial charge is 0.490 e. The van der Waals surface area contributed by atoms with Gasteiger partial charge in [-0.3, -0.25) is 0 Å². The lowest BCUT2D eigenvalue weighted by Crippen LogP contribution is -2.22. The van der Waals surface area contributed by atoms with Gasteiger partial charge in [0.2, 0.25) is 5.75 Å². The van der Waals surface area contributed by atoms with Gasteiger partial charge in [-0.2, -0.15) is 0 Å². The minimum Gasteiger partial charge on any atom is -0.490 e. The summed E-state index contributed by atoms with van der Waals surface area (Å²) in [7, 11) is 1.56. The van der Waals surface area contributed by atoms with Crippen LogP contribution in [0.2, 0.25) is 0 Å². The molecule has 0 spiro atoms. The molecular formula is C10H18N4O. The Morgan fingerprint density at radius 1 is 1.33 bits per heavy atom. The number of hydrogen-bond donors (Lipinski definition) is 2. The first-order valence-corrected chi connectivity index (χ1v) is 4.97. The van der Waals surface area contributed by atoms with E-state index in [9.17, 15) is 0 Å².